The maximum atomic E-state index is 5.99. The van der Waals surface area contributed by atoms with Crippen LogP contribution < -0.4 is 5.73 Å². The van der Waals surface area contributed by atoms with Gasteiger partial charge in [-0.1, -0.05) is 44.5 Å². The van der Waals surface area contributed by atoms with Crippen LogP contribution in [-0.4, -0.2) is 0 Å². The van der Waals surface area contributed by atoms with Crippen molar-refractivity contribution in [1.82, 2.24) is 0 Å². The topological polar surface area (TPSA) is 39.2 Å². The first kappa shape index (κ1) is 12.9. The first-order valence-corrected chi connectivity index (χ1v) is 6.69. The van der Waals surface area contributed by atoms with E-state index in [2.05, 4.69) is 38.1 Å². The summed E-state index contributed by atoms with van der Waals surface area (Å²) >= 11 is 0. The Hall–Kier alpha value is -1.54. The molecule has 0 fully saturated rings. The van der Waals surface area contributed by atoms with Crippen LogP contribution in [0.25, 0.3) is 11.3 Å². The van der Waals surface area contributed by atoms with E-state index in [-0.39, 0.29) is 6.04 Å². The van der Waals surface area contributed by atoms with E-state index in [9.17, 15) is 0 Å². The molecule has 1 aromatic carbocycles. The molecule has 1 heterocycles. The minimum atomic E-state index is -0.00270. The quantitative estimate of drug-likeness (QED) is 0.850. The SMILES string of the molecule is CCCc1ccccc1-c1ccc(C(N)CC)o1. The number of aryl methyl sites for hydroxylation is 1. The van der Waals surface area contributed by atoms with Gasteiger partial charge in [0, 0.05) is 5.56 Å². The molecule has 0 aliphatic heterocycles. The Morgan fingerprint density at radius 2 is 1.89 bits per heavy atom. The molecule has 2 heteroatoms. The molecule has 1 unspecified atom stereocenters. The van der Waals surface area contributed by atoms with Gasteiger partial charge in [-0.25, -0.2) is 0 Å². The third-order valence-electron chi connectivity index (χ3n) is 3.23. The molecule has 0 saturated carbocycles. The van der Waals surface area contributed by atoms with Crippen LogP contribution in [0.2, 0.25) is 0 Å². The van der Waals surface area contributed by atoms with E-state index < -0.39 is 0 Å². The average Bonchev–Trinajstić information content (AvgIpc) is 2.88. The highest BCUT2D eigenvalue weighted by atomic mass is 16.3. The Morgan fingerprint density at radius 1 is 1.11 bits per heavy atom. The van der Waals surface area contributed by atoms with Gasteiger partial charge in [0.25, 0.3) is 0 Å². The second-order valence-electron chi connectivity index (χ2n) is 4.62. The number of furan rings is 1. The molecule has 96 valence electrons. The summed E-state index contributed by atoms with van der Waals surface area (Å²) in [6, 6.07) is 12.4. The molecule has 2 N–H and O–H groups in total. The van der Waals surface area contributed by atoms with Gasteiger partial charge in [0.15, 0.2) is 0 Å². The van der Waals surface area contributed by atoms with Crippen molar-refractivity contribution in [1.29, 1.82) is 0 Å². The van der Waals surface area contributed by atoms with Gasteiger partial charge in [0.05, 0.1) is 6.04 Å². The van der Waals surface area contributed by atoms with Crippen LogP contribution >= 0.6 is 0 Å². The lowest BCUT2D eigenvalue weighted by Crippen LogP contribution is -2.06. The predicted molar refractivity (Wildman–Crippen MR) is 75.4 cm³/mol. The standard InChI is InChI=1S/C16H21NO/c1-3-7-12-8-5-6-9-13(12)15-10-11-16(18-15)14(17)4-2/h5-6,8-11,14H,3-4,7,17H2,1-2H3. The number of hydrogen-bond acceptors (Lipinski definition) is 2. The van der Waals surface area contributed by atoms with Gasteiger partial charge in [-0.3, -0.25) is 0 Å². The Balaban J connectivity index is 2.33. The Morgan fingerprint density at radius 3 is 2.61 bits per heavy atom. The van der Waals surface area contributed by atoms with Gasteiger partial charge in [-0.05, 0) is 30.5 Å². The lowest BCUT2D eigenvalue weighted by atomic mass is 10.0. The summed E-state index contributed by atoms with van der Waals surface area (Å²) in [5, 5.41) is 0. The molecule has 0 radical (unpaired) electrons. The molecular weight excluding hydrogens is 222 g/mol. The summed E-state index contributed by atoms with van der Waals surface area (Å²) in [5.41, 5.74) is 8.52. The Bertz CT molecular complexity index is 501. The predicted octanol–water partition coefficient (Wildman–Crippen LogP) is 4.31. The van der Waals surface area contributed by atoms with Crippen LogP contribution in [-0.2, 0) is 6.42 Å². The zero-order valence-corrected chi connectivity index (χ0v) is 11.1. The summed E-state index contributed by atoms with van der Waals surface area (Å²) < 4.78 is 5.88. The highest BCUT2D eigenvalue weighted by Gasteiger charge is 2.12. The number of rotatable bonds is 5. The van der Waals surface area contributed by atoms with Crippen LogP contribution in [0, 0.1) is 0 Å². The van der Waals surface area contributed by atoms with Gasteiger partial charge in [0.1, 0.15) is 11.5 Å². The summed E-state index contributed by atoms with van der Waals surface area (Å²) in [6.07, 6.45) is 3.11. The maximum absolute atomic E-state index is 5.99. The van der Waals surface area contributed by atoms with Crippen molar-refractivity contribution in [3.8, 4) is 11.3 Å². The normalized spacial score (nSPS) is 12.6. The summed E-state index contributed by atoms with van der Waals surface area (Å²) in [7, 11) is 0. The van der Waals surface area contributed by atoms with Crippen LogP contribution in [0.15, 0.2) is 40.8 Å². The molecule has 0 spiro atoms. The van der Waals surface area contributed by atoms with E-state index >= 15 is 0 Å². The van der Waals surface area contributed by atoms with Crippen molar-refractivity contribution in [3.05, 3.63) is 47.7 Å². The summed E-state index contributed by atoms with van der Waals surface area (Å²) in [4.78, 5) is 0. The molecule has 0 amide bonds. The molecular formula is C16H21NO. The minimum Gasteiger partial charge on any atom is -0.459 e. The number of hydrogen-bond donors (Lipinski definition) is 1. The fourth-order valence-corrected chi connectivity index (χ4v) is 2.15. The van der Waals surface area contributed by atoms with Gasteiger partial charge in [0.2, 0.25) is 0 Å². The van der Waals surface area contributed by atoms with E-state index in [1.54, 1.807) is 0 Å². The molecule has 0 saturated heterocycles. The molecule has 0 aliphatic carbocycles. The van der Waals surface area contributed by atoms with E-state index in [0.29, 0.717) is 0 Å². The van der Waals surface area contributed by atoms with E-state index in [1.807, 2.05) is 12.1 Å². The third kappa shape index (κ3) is 2.65. The molecule has 0 bridgehead atoms. The molecule has 18 heavy (non-hydrogen) atoms. The smallest absolute Gasteiger partial charge is 0.134 e. The van der Waals surface area contributed by atoms with Crippen molar-refractivity contribution in [2.24, 2.45) is 5.73 Å². The molecule has 0 aliphatic rings. The fourth-order valence-electron chi connectivity index (χ4n) is 2.15. The van der Waals surface area contributed by atoms with Crippen molar-refractivity contribution < 1.29 is 4.42 Å². The molecule has 2 aromatic rings. The first-order chi connectivity index (χ1) is 8.76. The van der Waals surface area contributed by atoms with Gasteiger partial charge in [-0.15, -0.1) is 0 Å². The molecule has 1 aromatic heterocycles. The van der Waals surface area contributed by atoms with E-state index in [1.165, 1.54) is 11.1 Å². The van der Waals surface area contributed by atoms with Crippen molar-refractivity contribution >= 4 is 0 Å². The van der Waals surface area contributed by atoms with Gasteiger partial charge >= 0.3 is 0 Å². The fraction of sp³-hybridized carbons (Fsp3) is 0.375. The van der Waals surface area contributed by atoms with Gasteiger partial charge in [-0.2, -0.15) is 0 Å². The zero-order valence-electron chi connectivity index (χ0n) is 11.1. The lowest BCUT2D eigenvalue weighted by Gasteiger charge is -2.07. The highest BCUT2D eigenvalue weighted by Crippen LogP contribution is 2.28. The molecule has 2 rings (SSSR count). The Labute approximate surface area is 109 Å². The van der Waals surface area contributed by atoms with Crippen molar-refractivity contribution in [3.63, 3.8) is 0 Å². The van der Waals surface area contributed by atoms with Crippen LogP contribution in [0.1, 0.15) is 44.1 Å². The maximum Gasteiger partial charge on any atom is 0.134 e. The highest BCUT2D eigenvalue weighted by molar-refractivity contribution is 5.62. The molecule has 1 atom stereocenters. The Kier molecular flexibility index (Phi) is 4.21. The number of benzene rings is 1. The second kappa shape index (κ2) is 5.87. The number of nitrogens with two attached hydrogens (primary N) is 1. The van der Waals surface area contributed by atoms with Crippen molar-refractivity contribution in [2.75, 3.05) is 0 Å². The van der Waals surface area contributed by atoms with E-state index in [0.717, 1.165) is 30.8 Å². The second-order valence-corrected chi connectivity index (χ2v) is 4.62. The van der Waals surface area contributed by atoms with Gasteiger partial charge < -0.3 is 10.2 Å². The first-order valence-electron chi connectivity index (χ1n) is 6.69. The van der Waals surface area contributed by atoms with E-state index in [4.69, 9.17) is 10.2 Å². The average molecular weight is 243 g/mol. The minimum absolute atomic E-state index is 0.00270. The third-order valence-corrected chi connectivity index (χ3v) is 3.23. The van der Waals surface area contributed by atoms with Crippen molar-refractivity contribution in [2.45, 2.75) is 39.2 Å². The lowest BCUT2D eigenvalue weighted by molar-refractivity contribution is 0.469. The van der Waals surface area contributed by atoms with Crippen LogP contribution in [0.5, 0.6) is 0 Å². The zero-order chi connectivity index (χ0) is 13.0. The summed E-state index contributed by atoms with van der Waals surface area (Å²) in [5.74, 6) is 1.80. The monoisotopic (exact) mass is 243 g/mol. The van der Waals surface area contributed by atoms with Crippen LogP contribution in [0.3, 0.4) is 0 Å². The molecule has 2 nitrogen and oxygen atoms in total. The summed E-state index contributed by atoms with van der Waals surface area (Å²) in [6.45, 7) is 4.26. The largest absolute Gasteiger partial charge is 0.459 e. The van der Waals surface area contributed by atoms with Crippen LogP contribution in [0.4, 0.5) is 0 Å².